The summed E-state index contributed by atoms with van der Waals surface area (Å²) in [5.41, 5.74) is 7.35. The molecule has 1 unspecified atom stereocenters. The molecule has 1 atom stereocenters. The van der Waals surface area contributed by atoms with Crippen LogP contribution in [-0.4, -0.2) is 29.9 Å². The number of benzene rings is 1. The zero-order chi connectivity index (χ0) is 14.4. The maximum absolute atomic E-state index is 12.4. The van der Waals surface area contributed by atoms with Crippen molar-refractivity contribution in [2.75, 3.05) is 13.1 Å². The number of aryl methyl sites for hydroxylation is 1. The number of hydrogen-bond acceptors (Lipinski definition) is 2. The molecule has 1 aliphatic rings. The SMILES string of the molecule is CCCN(CC1CC1)C(=O)C(N)CCc1ccccc1. The first-order valence-electron chi connectivity index (χ1n) is 7.79. The fourth-order valence-electron chi connectivity index (χ4n) is 2.50. The maximum Gasteiger partial charge on any atom is 0.239 e. The van der Waals surface area contributed by atoms with Crippen LogP contribution in [0.5, 0.6) is 0 Å². The van der Waals surface area contributed by atoms with Crippen molar-refractivity contribution >= 4 is 5.91 Å². The van der Waals surface area contributed by atoms with Crippen molar-refractivity contribution < 1.29 is 4.79 Å². The van der Waals surface area contributed by atoms with E-state index < -0.39 is 0 Å². The van der Waals surface area contributed by atoms with Gasteiger partial charge in [0.2, 0.25) is 5.91 Å². The third-order valence-corrected chi connectivity index (χ3v) is 3.88. The lowest BCUT2D eigenvalue weighted by Crippen LogP contribution is -2.45. The Morgan fingerprint density at radius 2 is 2.05 bits per heavy atom. The molecule has 1 aromatic rings. The van der Waals surface area contributed by atoms with Gasteiger partial charge < -0.3 is 10.6 Å². The number of nitrogens with zero attached hydrogens (tertiary/aromatic N) is 1. The number of nitrogens with two attached hydrogens (primary N) is 1. The Bertz CT molecular complexity index is 414. The van der Waals surface area contributed by atoms with E-state index in [0.717, 1.165) is 38.3 Å². The first-order valence-corrected chi connectivity index (χ1v) is 7.79. The van der Waals surface area contributed by atoms with Crippen molar-refractivity contribution in [3.05, 3.63) is 35.9 Å². The number of hydrogen-bond donors (Lipinski definition) is 1. The molecule has 1 aliphatic carbocycles. The van der Waals surface area contributed by atoms with Crippen molar-refractivity contribution in [3.63, 3.8) is 0 Å². The molecule has 2 N–H and O–H groups in total. The molecule has 0 radical (unpaired) electrons. The highest BCUT2D eigenvalue weighted by Crippen LogP contribution is 2.30. The quantitative estimate of drug-likeness (QED) is 0.792. The monoisotopic (exact) mass is 274 g/mol. The molecular weight excluding hydrogens is 248 g/mol. The van der Waals surface area contributed by atoms with Crippen molar-refractivity contribution in [2.24, 2.45) is 11.7 Å². The molecule has 2 rings (SSSR count). The average molecular weight is 274 g/mol. The number of rotatable bonds is 8. The molecule has 110 valence electrons. The summed E-state index contributed by atoms with van der Waals surface area (Å²) < 4.78 is 0. The van der Waals surface area contributed by atoms with Gasteiger partial charge in [-0.15, -0.1) is 0 Å². The lowest BCUT2D eigenvalue weighted by molar-refractivity contribution is -0.133. The normalized spacial score (nSPS) is 15.9. The molecule has 20 heavy (non-hydrogen) atoms. The summed E-state index contributed by atoms with van der Waals surface area (Å²) in [6, 6.07) is 9.88. The first-order chi connectivity index (χ1) is 9.70. The molecule has 1 saturated carbocycles. The van der Waals surface area contributed by atoms with Crippen LogP contribution in [0, 0.1) is 5.92 Å². The van der Waals surface area contributed by atoms with E-state index in [2.05, 4.69) is 19.1 Å². The first kappa shape index (κ1) is 15.0. The van der Waals surface area contributed by atoms with E-state index in [1.807, 2.05) is 23.1 Å². The standard InChI is InChI=1S/C17H26N2O/c1-2-12-19(13-15-8-9-15)17(20)16(18)11-10-14-6-4-3-5-7-14/h3-7,15-16H,2,8-13,18H2,1H3. The van der Waals surface area contributed by atoms with E-state index in [1.54, 1.807) is 0 Å². The smallest absolute Gasteiger partial charge is 0.239 e. The molecule has 0 aliphatic heterocycles. The summed E-state index contributed by atoms with van der Waals surface area (Å²) in [7, 11) is 0. The summed E-state index contributed by atoms with van der Waals surface area (Å²) in [5.74, 6) is 0.863. The van der Waals surface area contributed by atoms with Crippen LogP contribution in [0.1, 0.15) is 38.2 Å². The highest BCUT2D eigenvalue weighted by molar-refractivity contribution is 5.81. The summed E-state index contributed by atoms with van der Waals surface area (Å²) >= 11 is 0. The van der Waals surface area contributed by atoms with E-state index >= 15 is 0 Å². The van der Waals surface area contributed by atoms with Crippen LogP contribution in [0.4, 0.5) is 0 Å². The van der Waals surface area contributed by atoms with E-state index in [4.69, 9.17) is 5.73 Å². The van der Waals surface area contributed by atoms with Gasteiger partial charge in [0.1, 0.15) is 0 Å². The summed E-state index contributed by atoms with van der Waals surface area (Å²) in [6.07, 6.45) is 5.15. The molecule has 0 heterocycles. The molecule has 1 aromatic carbocycles. The third kappa shape index (κ3) is 4.64. The van der Waals surface area contributed by atoms with Crippen LogP contribution in [0.3, 0.4) is 0 Å². The van der Waals surface area contributed by atoms with Gasteiger partial charge in [-0.05, 0) is 43.6 Å². The lowest BCUT2D eigenvalue weighted by Gasteiger charge is -2.25. The predicted octanol–water partition coefficient (Wildman–Crippen LogP) is 2.60. The second-order valence-electron chi connectivity index (χ2n) is 5.86. The minimum atomic E-state index is -0.361. The van der Waals surface area contributed by atoms with Gasteiger partial charge in [-0.2, -0.15) is 0 Å². The average Bonchev–Trinajstić information content (AvgIpc) is 3.28. The molecule has 3 heteroatoms. The summed E-state index contributed by atoms with van der Waals surface area (Å²) in [4.78, 5) is 14.4. The fourth-order valence-corrected chi connectivity index (χ4v) is 2.50. The molecule has 0 bridgehead atoms. The largest absolute Gasteiger partial charge is 0.341 e. The predicted molar refractivity (Wildman–Crippen MR) is 82.3 cm³/mol. The molecule has 1 amide bonds. The highest BCUT2D eigenvalue weighted by Gasteiger charge is 2.28. The topological polar surface area (TPSA) is 46.3 Å². The Labute approximate surface area is 122 Å². The van der Waals surface area contributed by atoms with Crippen molar-refractivity contribution in [1.82, 2.24) is 4.90 Å². The van der Waals surface area contributed by atoms with Crippen LogP contribution in [0.25, 0.3) is 0 Å². The second kappa shape index (κ2) is 7.44. The van der Waals surface area contributed by atoms with Crippen molar-refractivity contribution in [3.8, 4) is 0 Å². The highest BCUT2D eigenvalue weighted by atomic mass is 16.2. The number of carbonyl (C=O) groups is 1. The molecule has 1 fully saturated rings. The minimum absolute atomic E-state index is 0.134. The lowest BCUT2D eigenvalue weighted by atomic mass is 10.0. The number of carbonyl (C=O) groups excluding carboxylic acids is 1. The maximum atomic E-state index is 12.4. The Balaban J connectivity index is 1.82. The van der Waals surface area contributed by atoms with Gasteiger partial charge in [-0.1, -0.05) is 37.3 Å². The minimum Gasteiger partial charge on any atom is -0.341 e. The van der Waals surface area contributed by atoms with Crippen LogP contribution in [0.15, 0.2) is 30.3 Å². The van der Waals surface area contributed by atoms with Crippen molar-refractivity contribution in [1.29, 1.82) is 0 Å². The van der Waals surface area contributed by atoms with Gasteiger partial charge in [0.05, 0.1) is 6.04 Å². The van der Waals surface area contributed by atoms with E-state index in [-0.39, 0.29) is 11.9 Å². The Morgan fingerprint density at radius 3 is 2.65 bits per heavy atom. The Hall–Kier alpha value is -1.35. The van der Waals surface area contributed by atoms with Crippen LogP contribution in [-0.2, 0) is 11.2 Å². The van der Waals surface area contributed by atoms with Gasteiger partial charge in [0.25, 0.3) is 0 Å². The molecule has 0 saturated heterocycles. The molecule has 0 aromatic heterocycles. The van der Waals surface area contributed by atoms with Gasteiger partial charge in [0.15, 0.2) is 0 Å². The molecule has 3 nitrogen and oxygen atoms in total. The van der Waals surface area contributed by atoms with Gasteiger partial charge >= 0.3 is 0 Å². The van der Waals surface area contributed by atoms with Crippen LogP contribution >= 0.6 is 0 Å². The van der Waals surface area contributed by atoms with E-state index in [0.29, 0.717) is 0 Å². The zero-order valence-electron chi connectivity index (χ0n) is 12.4. The number of amides is 1. The second-order valence-corrected chi connectivity index (χ2v) is 5.86. The van der Waals surface area contributed by atoms with E-state index in [1.165, 1.54) is 18.4 Å². The summed E-state index contributed by atoms with van der Waals surface area (Å²) in [5, 5.41) is 0. The van der Waals surface area contributed by atoms with Gasteiger partial charge in [-0.3, -0.25) is 4.79 Å². The Kier molecular flexibility index (Phi) is 5.60. The zero-order valence-corrected chi connectivity index (χ0v) is 12.4. The van der Waals surface area contributed by atoms with Crippen molar-refractivity contribution in [2.45, 2.75) is 45.1 Å². The van der Waals surface area contributed by atoms with Crippen LogP contribution in [0.2, 0.25) is 0 Å². The third-order valence-electron chi connectivity index (χ3n) is 3.88. The summed E-state index contributed by atoms with van der Waals surface area (Å²) in [6.45, 7) is 3.86. The Morgan fingerprint density at radius 1 is 1.35 bits per heavy atom. The van der Waals surface area contributed by atoms with Crippen LogP contribution < -0.4 is 5.73 Å². The fraction of sp³-hybridized carbons (Fsp3) is 0.588. The molecule has 0 spiro atoms. The van der Waals surface area contributed by atoms with Gasteiger partial charge in [-0.25, -0.2) is 0 Å². The van der Waals surface area contributed by atoms with E-state index in [9.17, 15) is 4.79 Å². The van der Waals surface area contributed by atoms with Gasteiger partial charge in [0, 0.05) is 13.1 Å². The molecular formula is C17H26N2O.